The topological polar surface area (TPSA) is 20.2 Å². The lowest BCUT2D eigenvalue weighted by atomic mass is 9.66. The number of hydrogen-bond donors (Lipinski definition) is 1. The van der Waals surface area contributed by atoms with Crippen molar-refractivity contribution in [3.63, 3.8) is 0 Å². The van der Waals surface area contributed by atoms with Crippen LogP contribution >= 0.6 is 23.5 Å². The Morgan fingerprint density at radius 2 is 1.76 bits per heavy atom. The highest BCUT2D eigenvalue weighted by Crippen LogP contribution is 2.83. The van der Waals surface area contributed by atoms with Gasteiger partial charge in [-0.05, 0) is 16.4 Å². The molecule has 3 heteroatoms. The van der Waals surface area contributed by atoms with Crippen LogP contribution in [0.15, 0.2) is 11.6 Å². The summed E-state index contributed by atoms with van der Waals surface area (Å²) in [6, 6.07) is 0. The van der Waals surface area contributed by atoms with Gasteiger partial charge < -0.3 is 5.11 Å². The summed E-state index contributed by atoms with van der Waals surface area (Å²) in [6.07, 6.45) is 2.35. The molecule has 3 aliphatic rings. The zero-order chi connectivity index (χ0) is 12.9. The molecule has 1 aliphatic carbocycles. The highest BCUT2D eigenvalue weighted by Gasteiger charge is 2.84. The van der Waals surface area contributed by atoms with Gasteiger partial charge in [0.1, 0.15) is 4.93 Å². The van der Waals surface area contributed by atoms with Crippen molar-refractivity contribution in [1.29, 1.82) is 0 Å². The molecule has 0 radical (unpaired) electrons. The second kappa shape index (κ2) is 2.94. The Balaban J connectivity index is 2.09. The predicted octanol–water partition coefficient (Wildman–Crippen LogP) is 3.68. The summed E-state index contributed by atoms with van der Waals surface area (Å²) in [5.41, 5.74) is 1.49. The van der Waals surface area contributed by atoms with Gasteiger partial charge in [0.05, 0.1) is 4.75 Å². The summed E-state index contributed by atoms with van der Waals surface area (Å²) in [4.78, 5) is -0.603. The van der Waals surface area contributed by atoms with Gasteiger partial charge in [-0.15, -0.1) is 23.5 Å². The molecule has 1 N–H and O–H groups in total. The van der Waals surface area contributed by atoms with Crippen LogP contribution in [-0.4, -0.2) is 25.3 Å². The van der Waals surface area contributed by atoms with E-state index in [1.165, 1.54) is 5.57 Å². The van der Waals surface area contributed by atoms with Crippen LogP contribution in [0.5, 0.6) is 0 Å². The lowest BCUT2D eigenvalue weighted by Crippen LogP contribution is -2.47. The molecule has 2 saturated heterocycles. The molecular weight excluding hydrogens is 248 g/mol. The second-order valence-electron chi connectivity index (χ2n) is 7.58. The van der Waals surface area contributed by atoms with Crippen LogP contribution in [0, 0.1) is 10.8 Å². The first-order valence-corrected chi connectivity index (χ1v) is 8.11. The smallest absolute Gasteiger partial charge is 0.149 e. The lowest BCUT2D eigenvalue weighted by Gasteiger charge is -2.38. The molecule has 2 aliphatic heterocycles. The minimum Gasteiger partial charge on any atom is -0.374 e. The Bertz CT molecular complexity index is 415. The molecule has 3 rings (SSSR count). The number of aliphatic hydroxyl groups is 1. The molecule has 2 heterocycles. The van der Waals surface area contributed by atoms with Gasteiger partial charge in [0.2, 0.25) is 0 Å². The summed E-state index contributed by atoms with van der Waals surface area (Å²) in [5, 5.41) is 12.4. The zero-order valence-electron chi connectivity index (χ0n) is 11.5. The first-order chi connectivity index (χ1) is 7.54. The summed E-state index contributed by atoms with van der Waals surface area (Å²) in [6.45, 7) is 13.5. The molecule has 0 aromatic heterocycles. The van der Waals surface area contributed by atoms with Gasteiger partial charge in [0.25, 0.3) is 0 Å². The van der Waals surface area contributed by atoms with Gasteiger partial charge in [-0.25, -0.2) is 0 Å². The van der Waals surface area contributed by atoms with Crippen LogP contribution in [-0.2, 0) is 0 Å². The average molecular weight is 270 g/mol. The molecular formula is C14H22OS2. The van der Waals surface area contributed by atoms with E-state index in [9.17, 15) is 5.11 Å². The fraction of sp³-hybridized carbons (Fsp3) is 0.857. The highest BCUT2D eigenvalue weighted by molar-refractivity contribution is 8.14. The van der Waals surface area contributed by atoms with Crippen LogP contribution in [0.1, 0.15) is 41.5 Å². The summed E-state index contributed by atoms with van der Waals surface area (Å²) >= 11 is 3.84. The highest BCUT2D eigenvalue weighted by atomic mass is 32.2. The van der Waals surface area contributed by atoms with E-state index in [-0.39, 0.29) is 15.6 Å². The van der Waals surface area contributed by atoms with Gasteiger partial charge in [0.15, 0.2) is 0 Å². The average Bonchev–Trinajstić information content (AvgIpc) is 2.88. The molecule has 0 spiro atoms. The molecule has 2 fully saturated rings. The Morgan fingerprint density at radius 1 is 1.18 bits per heavy atom. The Morgan fingerprint density at radius 3 is 2.24 bits per heavy atom. The normalized spacial score (nSPS) is 48.1. The molecule has 1 nitrogen and oxygen atoms in total. The van der Waals surface area contributed by atoms with E-state index in [0.717, 1.165) is 0 Å². The van der Waals surface area contributed by atoms with Gasteiger partial charge in [-0.2, -0.15) is 0 Å². The molecule has 4 atom stereocenters. The van der Waals surface area contributed by atoms with E-state index in [4.69, 9.17) is 0 Å². The maximum absolute atomic E-state index is 11.1. The minimum atomic E-state index is -0.603. The molecule has 0 bridgehead atoms. The number of fused-ring (bicyclic) bond motifs is 3. The van der Waals surface area contributed by atoms with Gasteiger partial charge in [0, 0.05) is 10.5 Å². The van der Waals surface area contributed by atoms with Crippen molar-refractivity contribution in [3.8, 4) is 0 Å². The van der Waals surface area contributed by atoms with E-state index in [2.05, 4.69) is 47.6 Å². The molecule has 96 valence electrons. The first-order valence-electron chi connectivity index (χ1n) is 6.35. The van der Waals surface area contributed by atoms with E-state index in [1.54, 1.807) is 11.8 Å². The molecule has 17 heavy (non-hydrogen) atoms. The lowest BCUT2D eigenvalue weighted by molar-refractivity contribution is 0.0982. The molecule has 0 saturated carbocycles. The van der Waals surface area contributed by atoms with Crippen molar-refractivity contribution < 1.29 is 5.11 Å². The third-order valence-corrected chi connectivity index (χ3v) is 7.93. The van der Waals surface area contributed by atoms with Crippen LogP contribution in [0.4, 0.5) is 0 Å². The number of hydrogen-bond acceptors (Lipinski definition) is 3. The molecule has 0 amide bonds. The van der Waals surface area contributed by atoms with E-state index in [0.29, 0.717) is 10.5 Å². The van der Waals surface area contributed by atoms with Crippen LogP contribution in [0.2, 0.25) is 0 Å². The number of rotatable bonds is 0. The second-order valence-corrected chi connectivity index (χ2v) is 10.3. The Labute approximate surface area is 113 Å². The van der Waals surface area contributed by atoms with Crippen molar-refractivity contribution in [3.05, 3.63) is 11.6 Å². The van der Waals surface area contributed by atoms with Crippen LogP contribution in [0.25, 0.3) is 0 Å². The van der Waals surface area contributed by atoms with Gasteiger partial charge in [-0.1, -0.05) is 47.6 Å². The van der Waals surface area contributed by atoms with Gasteiger partial charge in [-0.3, -0.25) is 0 Å². The monoisotopic (exact) mass is 270 g/mol. The van der Waals surface area contributed by atoms with Crippen LogP contribution < -0.4 is 0 Å². The van der Waals surface area contributed by atoms with Crippen molar-refractivity contribution in [2.75, 3.05) is 0 Å². The predicted molar refractivity (Wildman–Crippen MR) is 77.4 cm³/mol. The van der Waals surface area contributed by atoms with Crippen LogP contribution in [0.3, 0.4) is 0 Å². The zero-order valence-corrected chi connectivity index (χ0v) is 13.1. The summed E-state index contributed by atoms with van der Waals surface area (Å²) in [5.74, 6) is 0. The minimum absolute atomic E-state index is 0.0483. The quantitative estimate of drug-likeness (QED) is 0.536. The maximum atomic E-state index is 11.1. The number of thioether (sulfide) groups is 2. The third-order valence-electron chi connectivity index (χ3n) is 4.31. The SMILES string of the molecule is CC(C)(C)C1=CC2SC2C2(C(C)(C)C)SC12O. The Hall–Kier alpha value is 0.400. The van der Waals surface area contributed by atoms with E-state index < -0.39 is 4.93 Å². The third kappa shape index (κ3) is 1.34. The van der Waals surface area contributed by atoms with Gasteiger partial charge >= 0.3 is 0 Å². The fourth-order valence-corrected chi connectivity index (χ4v) is 7.36. The van der Waals surface area contributed by atoms with Crippen molar-refractivity contribution in [2.45, 2.75) is 61.7 Å². The summed E-state index contributed by atoms with van der Waals surface area (Å²) in [7, 11) is 0. The molecule has 4 unspecified atom stereocenters. The summed E-state index contributed by atoms with van der Waals surface area (Å²) < 4.78 is 0.0483. The standard InChI is InChI=1S/C14H22OS2/c1-11(2,3)9-7-8-10(16-8)13(12(4,5)6)14(9,15)17-13/h7-8,10,15H,1-6H3. The first kappa shape index (κ1) is 12.4. The van der Waals surface area contributed by atoms with Crippen molar-refractivity contribution in [2.24, 2.45) is 10.8 Å². The van der Waals surface area contributed by atoms with Crippen molar-refractivity contribution >= 4 is 23.5 Å². The maximum Gasteiger partial charge on any atom is 0.149 e. The molecule has 0 aromatic carbocycles. The fourth-order valence-electron chi connectivity index (χ4n) is 3.41. The molecule has 0 aromatic rings. The largest absolute Gasteiger partial charge is 0.374 e. The van der Waals surface area contributed by atoms with Crippen molar-refractivity contribution in [1.82, 2.24) is 0 Å². The van der Waals surface area contributed by atoms with E-state index >= 15 is 0 Å². The van der Waals surface area contributed by atoms with E-state index in [1.807, 2.05) is 11.8 Å². The Kier molecular flexibility index (Phi) is 2.15.